The molecule has 23 heavy (non-hydrogen) atoms. The number of aromatic amines is 1. The molecule has 0 bridgehead atoms. The second-order valence-corrected chi connectivity index (χ2v) is 6.85. The summed E-state index contributed by atoms with van der Waals surface area (Å²) in [6.45, 7) is 0. The first-order valence-corrected chi connectivity index (χ1v) is 9.06. The molecule has 7 heteroatoms. The average Bonchev–Trinajstić information content (AvgIpc) is 2.93. The minimum absolute atomic E-state index is 0.476. The van der Waals surface area contributed by atoms with Crippen molar-refractivity contribution in [1.82, 2.24) is 14.9 Å². The van der Waals surface area contributed by atoms with Gasteiger partial charge in [-0.25, -0.2) is 5.10 Å². The minimum Gasteiger partial charge on any atom is -0.249 e. The van der Waals surface area contributed by atoms with Gasteiger partial charge >= 0.3 is 0 Å². The van der Waals surface area contributed by atoms with E-state index in [0.29, 0.717) is 4.77 Å². The number of hydrogen-bond donors (Lipinski definition) is 1. The van der Waals surface area contributed by atoms with Crippen LogP contribution in [-0.2, 0) is 5.75 Å². The van der Waals surface area contributed by atoms with Crippen molar-refractivity contribution >= 4 is 46.1 Å². The molecule has 0 aliphatic rings. The summed E-state index contributed by atoms with van der Waals surface area (Å²) in [5.41, 5.74) is 2.21. The fourth-order valence-corrected chi connectivity index (χ4v) is 3.38. The van der Waals surface area contributed by atoms with E-state index in [1.54, 1.807) is 22.7 Å². The van der Waals surface area contributed by atoms with Crippen LogP contribution in [0.4, 0.5) is 0 Å². The molecular weight excluding hydrogens is 392 g/mol. The van der Waals surface area contributed by atoms with Crippen molar-refractivity contribution in [3.05, 3.63) is 75.0 Å². The Bertz CT molecular complexity index is 871. The van der Waals surface area contributed by atoms with Gasteiger partial charge in [0, 0.05) is 15.8 Å². The van der Waals surface area contributed by atoms with Crippen LogP contribution in [-0.4, -0.2) is 21.1 Å². The number of H-pyrrole nitrogens is 1. The van der Waals surface area contributed by atoms with Crippen molar-refractivity contribution in [2.24, 2.45) is 5.10 Å². The number of aromatic nitrogens is 3. The topological polar surface area (TPSA) is 46.0 Å². The van der Waals surface area contributed by atoms with Crippen molar-refractivity contribution in [1.29, 1.82) is 0 Å². The first-order valence-electron chi connectivity index (χ1n) is 6.87. The highest BCUT2D eigenvalue weighted by molar-refractivity contribution is 9.10. The third kappa shape index (κ3) is 4.19. The van der Waals surface area contributed by atoms with Crippen LogP contribution in [0.2, 0.25) is 0 Å². The Labute approximate surface area is 151 Å². The van der Waals surface area contributed by atoms with Crippen LogP contribution < -0.4 is 0 Å². The van der Waals surface area contributed by atoms with Crippen LogP contribution >= 0.6 is 39.9 Å². The van der Waals surface area contributed by atoms with Crippen molar-refractivity contribution in [2.45, 2.75) is 10.9 Å². The third-order valence-corrected chi connectivity index (χ3v) is 5.04. The van der Waals surface area contributed by atoms with Gasteiger partial charge in [0.1, 0.15) is 0 Å². The monoisotopic (exact) mass is 404 g/mol. The Morgan fingerprint density at radius 1 is 1.17 bits per heavy atom. The van der Waals surface area contributed by atoms with E-state index in [1.165, 1.54) is 5.56 Å². The van der Waals surface area contributed by atoms with Crippen molar-refractivity contribution in [3.8, 4) is 0 Å². The largest absolute Gasteiger partial charge is 0.249 e. The molecule has 1 heterocycles. The van der Waals surface area contributed by atoms with Crippen molar-refractivity contribution in [3.63, 3.8) is 0 Å². The Morgan fingerprint density at radius 2 is 1.91 bits per heavy atom. The zero-order valence-corrected chi connectivity index (χ0v) is 15.2. The Balaban J connectivity index is 1.79. The SMILES string of the molecule is S=c1[nH]nc(SCc2ccccc2)n1/N=C\c1ccccc1Br. The molecule has 2 aromatic carbocycles. The lowest BCUT2D eigenvalue weighted by Crippen LogP contribution is -1.94. The number of nitrogens with one attached hydrogen (secondary N) is 1. The number of hydrogen-bond acceptors (Lipinski definition) is 4. The molecule has 3 rings (SSSR count). The molecule has 0 saturated heterocycles. The van der Waals surface area contributed by atoms with Crippen LogP contribution in [0.5, 0.6) is 0 Å². The summed E-state index contributed by atoms with van der Waals surface area (Å²) < 4.78 is 3.10. The van der Waals surface area contributed by atoms with Crippen molar-refractivity contribution < 1.29 is 0 Å². The molecule has 0 fully saturated rings. The highest BCUT2D eigenvalue weighted by Crippen LogP contribution is 2.21. The van der Waals surface area contributed by atoms with Gasteiger partial charge in [0.25, 0.3) is 0 Å². The fourth-order valence-electron chi connectivity index (χ4n) is 1.89. The van der Waals surface area contributed by atoms with Gasteiger partial charge in [0.05, 0.1) is 6.21 Å². The zero-order chi connectivity index (χ0) is 16.1. The van der Waals surface area contributed by atoms with Crippen LogP contribution in [0.15, 0.2) is 69.3 Å². The van der Waals surface area contributed by atoms with Gasteiger partial charge in [0.2, 0.25) is 9.93 Å². The standard InChI is InChI=1S/C16H13BrN4S2/c17-14-9-5-4-8-13(14)10-18-21-15(22)19-20-16(21)23-11-12-6-2-1-3-7-12/h1-10H,11H2,(H,19,22)/b18-10-. The first kappa shape index (κ1) is 16.2. The van der Waals surface area contributed by atoms with E-state index in [0.717, 1.165) is 20.9 Å². The molecule has 116 valence electrons. The number of nitrogens with zero attached hydrogens (tertiary/aromatic N) is 3. The molecule has 0 aliphatic heterocycles. The molecule has 0 atom stereocenters. The summed E-state index contributed by atoms with van der Waals surface area (Å²) in [5.74, 6) is 0.811. The highest BCUT2D eigenvalue weighted by atomic mass is 79.9. The van der Waals surface area contributed by atoms with E-state index in [9.17, 15) is 0 Å². The average molecular weight is 405 g/mol. The maximum atomic E-state index is 5.26. The lowest BCUT2D eigenvalue weighted by molar-refractivity contribution is 0.759. The summed E-state index contributed by atoms with van der Waals surface area (Å²) in [6, 6.07) is 18.1. The normalized spacial score (nSPS) is 11.2. The molecule has 0 unspecified atom stereocenters. The molecule has 1 aromatic heterocycles. The van der Waals surface area contributed by atoms with E-state index in [-0.39, 0.29) is 0 Å². The van der Waals surface area contributed by atoms with Crippen LogP contribution in [0.3, 0.4) is 0 Å². The van der Waals surface area contributed by atoms with Gasteiger partial charge in [-0.05, 0) is 23.8 Å². The smallest absolute Gasteiger partial charge is 0.217 e. The van der Waals surface area contributed by atoms with Gasteiger partial charge in [-0.1, -0.05) is 76.2 Å². The number of rotatable bonds is 5. The summed E-state index contributed by atoms with van der Waals surface area (Å²) >= 11 is 10.4. The number of halogens is 1. The van der Waals surface area contributed by atoms with Gasteiger partial charge in [-0.3, -0.25) is 0 Å². The lowest BCUT2D eigenvalue weighted by Gasteiger charge is -2.02. The second kappa shape index (κ2) is 7.72. The molecule has 0 saturated carbocycles. The van der Waals surface area contributed by atoms with Crippen LogP contribution in [0.25, 0.3) is 0 Å². The molecule has 3 aromatic rings. The van der Waals surface area contributed by atoms with E-state index >= 15 is 0 Å². The maximum absolute atomic E-state index is 5.26. The number of thioether (sulfide) groups is 1. The Hall–Kier alpha value is -1.70. The predicted molar refractivity (Wildman–Crippen MR) is 101 cm³/mol. The molecule has 1 N–H and O–H groups in total. The second-order valence-electron chi connectivity index (χ2n) is 4.66. The number of benzene rings is 2. The Kier molecular flexibility index (Phi) is 5.43. The molecule has 0 radical (unpaired) electrons. The summed E-state index contributed by atoms with van der Waals surface area (Å²) in [6.07, 6.45) is 1.77. The molecule has 0 spiro atoms. The molecule has 4 nitrogen and oxygen atoms in total. The molecular formula is C16H13BrN4S2. The van der Waals surface area contributed by atoms with Crippen LogP contribution in [0, 0.1) is 4.77 Å². The quantitative estimate of drug-likeness (QED) is 0.374. The first-order chi connectivity index (χ1) is 11.2. The van der Waals surface area contributed by atoms with Gasteiger partial charge < -0.3 is 0 Å². The van der Waals surface area contributed by atoms with Gasteiger partial charge in [-0.2, -0.15) is 9.78 Å². The predicted octanol–water partition coefficient (Wildman–Crippen LogP) is 4.88. The van der Waals surface area contributed by atoms with Gasteiger partial charge in [-0.15, -0.1) is 5.10 Å². The lowest BCUT2D eigenvalue weighted by atomic mass is 10.2. The van der Waals surface area contributed by atoms with E-state index in [2.05, 4.69) is 43.4 Å². The van der Waals surface area contributed by atoms with Gasteiger partial charge in [0.15, 0.2) is 0 Å². The van der Waals surface area contributed by atoms with E-state index < -0.39 is 0 Å². The third-order valence-electron chi connectivity index (χ3n) is 3.05. The Morgan fingerprint density at radius 3 is 2.70 bits per heavy atom. The highest BCUT2D eigenvalue weighted by Gasteiger charge is 2.06. The van der Waals surface area contributed by atoms with Crippen molar-refractivity contribution in [2.75, 3.05) is 0 Å². The zero-order valence-electron chi connectivity index (χ0n) is 12.0. The van der Waals surface area contributed by atoms with E-state index in [4.69, 9.17) is 12.2 Å². The molecule has 0 aliphatic carbocycles. The van der Waals surface area contributed by atoms with E-state index in [1.807, 2.05) is 42.5 Å². The minimum atomic E-state index is 0.476. The fraction of sp³-hybridized carbons (Fsp3) is 0.0625. The summed E-state index contributed by atoms with van der Waals surface area (Å²) in [7, 11) is 0. The van der Waals surface area contributed by atoms with Crippen LogP contribution in [0.1, 0.15) is 11.1 Å². The summed E-state index contributed by atoms with van der Waals surface area (Å²) in [5, 5.41) is 12.2. The maximum Gasteiger partial charge on any atom is 0.217 e. The molecule has 0 amide bonds. The summed E-state index contributed by atoms with van der Waals surface area (Å²) in [4.78, 5) is 0.